The van der Waals surface area contributed by atoms with Crippen LogP contribution in [0.3, 0.4) is 0 Å². The highest BCUT2D eigenvalue weighted by Gasteiger charge is 2.37. The van der Waals surface area contributed by atoms with Gasteiger partial charge in [0.1, 0.15) is 0 Å². The van der Waals surface area contributed by atoms with Gasteiger partial charge in [-0.25, -0.2) is 0 Å². The number of allylic oxidation sites excluding steroid dienone is 2. The second-order valence-electron chi connectivity index (χ2n) is 6.86. The Morgan fingerprint density at radius 1 is 0.941 bits per heavy atom. The van der Waals surface area contributed by atoms with Crippen molar-refractivity contribution in [3.05, 3.63) is 47.5 Å². The Morgan fingerprint density at radius 3 is 1.94 bits per heavy atom. The van der Waals surface area contributed by atoms with E-state index in [0.717, 1.165) is 5.92 Å². The molecule has 0 radical (unpaired) electrons. The fourth-order valence-corrected chi connectivity index (χ4v) is 2.51. The molecule has 0 N–H and O–H groups in total. The smallest absolute Gasteiger partial charge is 0.0105 e. The van der Waals surface area contributed by atoms with E-state index in [1.165, 1.54) is 12.0 Å². The van der Waals surface area contributed by atoms with Gasteiger partial charge >= 0.3 is 0 Å². The molecule has 0 aliphatic heterocycles. The van der Waals surface area contributed by atoms with Crippen LogP contribution in [0.1, 0.15) is 46.6 Å². The predicted molar refractivity (Wildman–Crippen MR) is 75.1 cm³/mol. The summed E-state index contributed by atoms with van der Waals surface area (Å²) in [5.41, 5.74) is 3.64. The van der Waals surface area contributed by atoms with Crippen molar-refractivity contribution in [3.63, 3.8) is 0 Å². The zero-order valence-corrected chi connectivity index (χ0v) is 11.7. The average Bonchev–Trinajstić information content (AvgIpc) is 2.13. The van der Waals surface area contributed by atoms with Crippen LogP contribution in [0.15, 0.2) is 42.0 Å². The van der Waals surface area contributed by atoms with E-state index in [9.17, 15) is 0 Å². The molecule has 92 valence electrons. The van der Waals surface area contributed by atoms with E-state index in [1.807, 2.05) is 0 Å². The summed E-state index contributed by atoms with van der Waals surface area (Å²) in [6.45, 7) is 11.7. The van der Waals surface area contributed by atoms with Gasteiger partial charge in [0.25, 0.3) is 0 Å². The SMILES string of the molecule is CC(C)(C1=CC(C(C)(C)C)C1)c1ccccc1. The molecule has 0 spiro atoms. The topological polar surface area (TPSA) is 0 Å². The van der Waals surface area contributed by atoms with Crippen LogP contribution in [-0.4, -0.2) is 0 Å². The third-order valence-electron chi connectivity index (χ3n) is 4.25. The Hall–Kier alpha value is -1.04. The lowest BCUT2D eigenvalue weighted by Crippen LogP contribution is -2.33. The first-order valence-electron chi connectivity index (χ1n) is 6.58. The fraction of sp³-hybridized carbons (Fsp3) is 0.529. The molecule has 17 heavy (non-hydrogen) atoms. The molecule has 0 heteroatoms. The molecule has 0 saturated heterocycles. The molecule has 0 saturated carbocycles. The third kappa shape index (κ3) is 2.31. The van der Waals surface area contributed by atoms with Crippen molar-refractivity contribution in [2.45, 2.75) is 46.5 Å². The maximum absolute atomic E-state index is 2.49. The maximum atomic E-state index is 2.49. The van der Waals surface area contributed by atoms with E-state index in [1.54, 1.807) is 5.57 Å². The first-order chi connectivity index (χ1) is 7.82. The summed E-state index contributed by atoms with van der Waals surface area (Å²) in [6, 6.07) is 10.8. The van der Waals surface area contributed by atoms with Gasteiger partial charge in [0.05, 0.1) is 0 Å². The van der Waals surface area contributed by atoms with E-state index in [-0.39, 0.29) is 5.41 Å². The monoisotopic (exact) mass is 228 g/mol. The molecule has 2 rings (SSSR count). The van der Waals surface area contributed by atoms with Crippen LogP contribution in [0.2, 0.25) is 0 Å². The number of hydrogen-bond donors (Lipinski definition) is 0. The largest absolute Gasteiger partial charge is 0.0805 e. The molecular formula is C17H24. The summed E-state index contributed by atoms with van der Waals surface area (Å²) >= 11 is 0. The second-order valence-corrected chi connectivity index (χ2v) is 6.86. The zero-order valence-electron chi connectivity index (χ0n) is 11.7. The first kappa shape index (κ1) is 12.4. The molecule has 0 heterocycles. The van der Waals surface area contributed by atoms with Gasteiger partial charge in [0.15, 0.2) is 0 Å². The second kappa shape index (κ2) is 4.01. The molecule has 1 atom stereocenters. The Morgan fingerprint density at radius 2 is 1.47 bits per heavy atom. The molecule has 0 aromatic heterocycles. The van der Waals surface area contributed by atoms with Gasteiger partial charge in [-0.3, -0.25) is 0 Å². The van der Waals surface area contributed by atoms with Crippen LogP contribution < -0.4 is 0 Å². The minimum absolute atomic E-state index is 0.197. The van der Waals surface area contributed by atoms with Crippen molar-refractivity contribution in [3.8, 4) is 0 Å². The van der Waals surface area contributed by atoms with Crippen LogP contribution in [0, 0.1) is 11.3 Å². The quantitative estimate of drug-likeness (QED) is 0.628. The maximum Gasteiger partial charge on any atom is 0.0105 e. The van der Waals surface area contributed by atoms with Crippen LogP contribution >= 0.6 is 0 Å². The average molecular weight is 228 g/mol. The number of hydrogen-bond acceptors (Lipinski definition) is 0. The molecule has 0 nitrogen and oxygen atoms in total. The molecule has 1 aliphatic carbocycles. The summed E-state index contributed by atoms with van der Waals surface area (Å²) in [5.74, 6) is 0.750. The minimum atomic E-state index is 0.197. The highest BCUT2D eigenvalue weighted by atomic mass is 14.4. The normalized spacial score (nSPS) is 20.8. The van der Waals surface area contributed by atoms with Crippen molar-refractivity contribution < 1.29 is 0 Å². The Balaban J connectivity index is 2.21. The Bertz CT molecular complexity index is 415. The van der Waals surface area contributed by atoms with Gasteiger partial charge < -0.3 is 0 Å². The standard InChI is InChI=1S/C17H24/c1-16(2,3)14-11-15(12-14)17(4,5)13-9-7-6-8-10-13/h6-11,14H,12H2,1-5H3. The van der Waals surface area contributed by atoms with Gasteiger partial charge in [-0.05, 0) is 23.3 Å². The minimum Gasteiger partial charge on any atom is -0.0805 e. The van der Waals surface area contributed by atoms with E-state index >= 15 is 0 Å². The first-order valence-corrected chi connectivity index (χ1v) is 6.58. The van der Waals surface area contributed by atoms with Gasteiger partial charge in [0, 0.05) is 5.41 Å². The predicted octanol–water partition coefficient (Wildman–Crippen LogP) is 4.96. The molecule has 0 amide bonds. The fourth-order valence-electron chi connectivity index (χ4n) is 2.51. The molecule has 1 aromatic carbocycles. The molecule has 1 aromatic rings. The highest BCUT2D eigenvalue weighted by molar-refractivity contribution is 5.39. The molecule has 1 unspecified atom stereocenters. The number of benzene rings is 1. The van der Waals surface area contributed by atoms with Crippen LogP contribution in [0.5, 0.6) is 0 Å². The van der Waals surface area contributed by atoms with Crippen molar-refractivity contribution in [1.82, 2.24) is 0 Å². The van der Waals surface area contributed by atoms with Crippen LogP contribution in [0.4, 0.5) is 0 Å². The van der Waals surface area contributed by atoms with Gasteiger partial charge in [0.2, 0.25) is 0 Å². The van der Waals surface area contributed by atoms with E-state index in [0.29, 0.717) is 5.41 Å². The van der Waals surface area contributed by atoms with E-state index < -0.39 is 0 Å². The summed E-state index contributed by atoms with van der Waals surface area (Å²) in [5, 5.41) is 0. The van der Waals surface area contributed by atoms with Gasteiger partial charge in [-0.15, -0.1) is 0 Å². The molecular weight excluding hydrogens is 204 g/mol. The Labute approximate surface area is 106 Å². The highest BCUT2D eigenvalue weighted by Crippen LogP contribution is 2.47. The van der Waals surface area contributed by atoms with Crippen molar-refractivity contribution in [2.75, 3.05) is 0 Å². The molecule has 0 bridgehead atoms. The summed E-state index contributed by atoms with van der Waals surface area (Å²) in [4.78, 5) is 0. The lowest BCUT2D eigenvalue weighted by molar-refractivity contribution is 0.253. The number of rotatable bonds is 2. The molecule has 1 aliphatic rings. The van der Waals surface area contributed by atoms with E-state index in [4.69, 9.17) is 0 Å². The van der Waals surface area contributed by atoms with Gasteiger partial charge in [-0.1, -0.05) is 76.6 Å². The van der Waals surface area contributed by atoms with Crippen molar-refractivity contribution >= 4 is 0 Å². The van der Waals surface area contributed by atoms with Crippen molar-refractivity contribution in [2.24, 2.45) is 11.3 Å². The summed E-state index contributed by atoms with van der Waals surface area (Å²) in [6.07, 6.45) is 3.75. The van der Waals surface area contributed by atoms with Gasteiger partial charge in [-0.2, -0.15) is 0 Å². The lowest BCUT2D eigenvalue weighted by Gasteiger charge is -2.43. The summed E-state index contributed by atoms with van der Waals surface area (Å²) < 4.78 is 0. The third-order valence-corrected chi connectivity index (χ3v) is 4.25. The summed E-state index contributed by atoms with van der Waals surface area (Å²) in [7, 11) is 0. The van der Waals surface area contributed by atoms with Crippen LogP contribution in [-0.2, 0) is 5.41 Å². The van der Waals surface area contributed by atoms with Crippen molar-refractivity contribution in [1.29, 1.82) is 0 Å². The lowest BCUT2D eigenvalue weighted by atomic mass is 9.62. The molecule has 0 fully saturated rings. The van der Waals surface area contributed by atoms with Crippen LogP contribution in [0.25, 0.3) is 0 Å². The van der Waals surface area contributed by atoms with E-state index in [2.05, 4.69) is 71.0 Å². The zero-order chi connectivity index (χ0) is 12.7. The Kier molecular flexibility index (Phi) is 2.93.